The largest absolute Gasteiger partial charge is 0.435 e. The fourth-order valence-corrected chi connectivity index (χ4v) is 3.30. The van der Waals surface area contributed by atoms with Crippen LogP contribution in [0, 0.1) is 0 Å². The molecule has 1 atom stereocenters. The van der Waals surface area contributed by atoms with Gasteiger partial charge in [-0.15, -0.1) is 0 Å². The summed E-state index contributed by atoms with van der Waals surface area (Å²) in [4.78, 5) is 0. The van der Waals surface area contributed by atoms with E-state index in [4.69, 9.17) is 0 Å². The number of hydrogen-bond donors (Lipinski definition) is 1. The van der Waals surface area contributed by atoms with E-state index in [-0.39, 0.29) is 17.3 Å². The number of halogens is 2. The van der Waals surface area contributed by atoms with E-state index in [1.807, 2.05) is 17.8 Å². The van der Waals surface area contributed by atoms with Crippen molar-refractivity contribution in [1.29, 1.82) is 0 Å². The van der Waals surface area contributed by atoms with Crippen molar-refractivity contribution in [3.63, 3.8) is 0 Å². The smallest absolute Gasteiger partial charge is 0.387 e. The number of hydrogen-bond acceptors (Lipinski definition) is 3. The number of thioether (sulfide) groups is 1. The number of alkyl halides is 2. The lowest BCUT2D eigenvalue weighted by atomic mass is 10.0. The zero-order chi connectivity index (χ0) is 13.2. The van der Waals surface area contributed by atoms with Crippen LogP contribution in [-0.2, 0) is 0 Å². The van der Waals surface area contributed by atoms with E-state index in [0.717, 1.165) is 17.1 Å². The molecule has 2 rings (SSSR count). The molecule has 0 radical (unpaired) electrons. The van der Waals surface area contributed by atoms with Gasteiger partial charge in [0, 0.05) is 23.1 Å². The molecule has 1 saturated heterocycles. The molecule has 18 heavy (non-hydrogen) atoms. The molecule has 1 N–H and O–H groups in total. The van der Waals surface area contributed by atoms with Crippen LogP contribution in [0.1, 0.15) is 25.5 Å². The topological polar surface area (TPSA) is 21.3 Å². The number of ether oxygens (including phenoxy) is 1. The molecular weight excluding hydrogens is 256 g/mol. The van der Waals surface area contributed by atoms with Crippen molar-refractivity contribution < 1.29 is 13.5 Å². The Labute approximate surface area is 110 Å². The highest BCUT2D eigenvalue weighted by molar-refractivity contribution is 7.99. The zero-order valence-electron chi connectivity index (χ0n) is 10.5. The fraction of sp³-hybridized carbons (Fsp3) is 0.538. The molecule has 1 heterocycles. The minimum absolute atomic E-state index is 0.0627. The quantitative estimate of drug-likeness (QED) is 0.911. The van der Waals surface area contributed by atoms with Crippen LogP contribution in [-0.4, -0.2) is 23.7 Å². The highest BCUT2D eigenvalue weighted by atomic mass is 32.2. The summed E-state index contributed by atoms with van der Waals surface area (Å²) >= 11 is 1.87. The van der Waals surface area contributed by atoms with E-state index in [9.17, 15) is 8.78 Å². The van der Waals surface area contributed by atoms with Crippen molar-refractivity contribution in [2.24, 2.45) is 0 Å². The van der Waals surface area contributed by atoms with Crippen LogP contribution in [0.25, 0.3) is 0 Å². The Hall–Kier alpha value is -0.810. The third kappa shape index (κ3) is 3.59. The highest BCUT2D eigenvalue weighted by Crippen LogP contribution is 2.30. The van der Waals surface area contributed by atoms with Crippen molar-refractivity contribution in [2.75, 3.05) is 11.5 Å². The third-order valence-corrected chi connectivity index (χ3v) is 4.29. The Kier molecular flexibility index (Phi) is 4.12. The van der Waals surface area contributed by atoms with Crippen molar-refractivity contribution in [3.8, 4) is 5.75 Å². The zero-order valence-corrected chi connectivity index (χ0v) is 11.3. The van der Waals surface area contributed by atoms with Gasteiger partial charge in [0.2, 0.25) is 0 Å². The summed E-state index contributed by atoms with van der Waals surface area (Å²) in [7, 11) is 0. The van der Waals surface area contributed by atoms with E-state index in [2.05, 4.69) is 23.9 Å². The highest BCUT2D eigenvalue weighted by Gasteiger charge is 2.28. The Morgan fingerprint density at radius 1 is 1.44 bits per heavy atom. The monoisotopic (exact) mass is 273 g/mol. The van der Waals surface area contributed by atoms with Gasteiger partial charge >= 0.3 is 6.61 Å². The normalized spacial score (nSPS) is 23.1. The summed E-state index contributed by atoms with van der Waals surface area (Å²) in [6, 6.07) is 7.11. The van der Waals surface area contributed by atoms with Gasteiger partial charge in [0.1, 0.15) is 5.75 Å². The van der Waals surface area contributed by atoms with Crippen molar-refractivity contribution in [2.45, 2.75) is 32.0 Å². The molecule has 1 fully saturated rings. The Morgan fingerprint density at radius 2 is 2.22 bits per heavy atom. The molecule has 1 aromatic rings. The molecule has 0 saturated carbocycles. The first-order valence-electron chi connectivity index (χ1n) is 5.86. The summed E-state index contributed by atoms with van der Waals surface area (Å²) in [5.41, 5.74) is 1.06. The van der Waals surface area contributed by atoms with Gasteiger partial charge in [-0.25, -0.2) is 0 Å². The number of rotatable bonds is 3. The molecule has 1 aromatic carbocycles. The van der Waals surface area contributed by atoms with Crippen LogP contribution in [0.15, 0.2) is 24.3 Å². The lowest BCUT2D eigenvalue weighted by Crippen LogP contribution is -2.48. The minimum Gasteiger partial charge on any atom is -0.435 e. The Morgan fingerprint density at radius 3 is 2.89 bits per heavy atom. The van der Waals surface area contributed by atoms with E-state index in [1.54, 1.807) is 18.2 Å². The maximum atomic E-state index is 12.2. The van der Waals surface area contributed by atoms with Gasteiger partial charge < -0.3 is 10.1 Å². The standard InChI is InChI=1S/C13H17F2NOS/c1-13(2)8-18-7-11(16-13)9-4-3-5-10(6-9)17-12(14)15/h3-6,11-12,16H,7-8H2,1-2H3. The second-order valence-electron chi connectivity index (χ2n) is 5.05. The van der Waals surface area contributed by atoms with Crippen molar-refractivity contribution in [3.05, 3.63) is 29.8 Å². The molecule has 0 amide bonds. The number of nitrogens with one attached hydrogen (secondary N) is 1. The number of benzene rings is 1. The van der Waals surface area contributed by atoms with Crippen molar-refractivity contribution in [1.82, 2.24) is 5.32 Å². The summed E-state index contributed by atoms with van der Waals surface area (Å²) in [5, 5.41) is 3.53. The summed E-state index contributed by atoms with van der Waals surface area (Å²) in [6.07, 6.45) is 0. The summed E-state index contributed by atoms with van der Waals surface area (Å²) in [6.45, 7) is 1.52. The lowest BCUT2D eigenvalue weighted by Gasteiger charge is -2.37. The van der Waals surface area contributed by atoms with Gasteiger partial charge in [-0.3, -0.25) is 0 Å². The van der Waals surface area contributed by atoms with E-state index in [0.29, 0.717) is 0 Å². The van der Waals surface area contributed by atoms with Crippen LogP contribution in [0.4, 0.5) is 8.78 Å². The summed E-state index contributed by atoms with van der Waals surface area (Å²) in [5.74, 6) is 2.22. The second kappa shape index (κ2) is 5.45. The predicted octanol–water partition coefficient (Wildman–Crippen LogP) is 3.44. The maximum absolute atomic E-state index is 12.2. The molecule has 2 nitrogen and oxygen atoms in total. The van der Waals surface area contributed by atoms with Crippen LogP contribution in [0.5, 0.6) is 5.75 Å². The fourth-order valence-electron chi connectivity index (χ4n) is 2.07. The molecule has 100 valence electrons. The molecule has 1 aliphatic rings. The van der Waals surface area contributed by atoms with Crippen LogP contribution in [0.3, 0.4) is 0 Å². The Bertz CT molecular complexity index is 412. The van der Waals surface area contributed by atoms with E-state index >= 15 is 0 Å². The van der Waals surface area contributed by atoms with Gasteiger partial charge in [0.25, 0.3) is 0 Å². The maximum Gasteiger partial charge on any atom is 0.387 e. The SMILES string of the molecule is CC1(C)CSCC(c2cccc(OC(F)F)c2)N1. The van der Waals surface area contributed by atoms with Crippen molar-refractivity contribution >= 4 is 11.8 Å². The first-order valence-corrected chi connectivity index (χ1v) is 7.02. The summed E-state index contributed by atoms with van der Waals surface area (Å²) < 4.78 is 28.8. The molecule has 5 heteroatoms. The van der Waals surface area contributed by atoms with Gasteiger partial charge in [-0.05, 0) is 31.5 Å². The van der Waals surface area contributed by atoms with Gasteiger partial charge in [0.15, 0.2) is 0 Å². The average Bonchev–Trinajstić information content (AvgIpc) is 2.27. The van der Waals surface area contributed by atoms with E-state index < -0.39 is 6.61 Å². The second-order valence-corrected chi connectivity index (χ2v) is 6.08. The molecule has 1 aliphatic heterocycles. The molecule has 0 spiro atoms. The van der Waals surface area contributed by atoms with Gasteiger partial charge in [-0.2, -0.15) is 20.5 Å². The minimum atomic E-state index is -2.77. The van der Waals surface area contributed by atoms with Crippen LogP contribution >= 0.6 is 11.8 Å². The first-order chi connectivity index (χ1) is 8.46. The lowest BCUT2D eigenvalue weighted by molar-refractivity contribution is -0.0499. The average molecular weight is 273 g/mol. The Balaban J connectivity index is 2.12. The third-order valence-electron chi connectivity index (χ3n) is 2.80. The van der Waals surface area contributed by atoms with Crippen LogP contribution in [0.2, 0.25) is 0 Å². The van der Waals surface area contributed by atoms with Gasteiger partial charge in [-0.1, -0.05) is 12.1 Å². The molecule has 0 bridgehead atoms. The molecule has 1 unspecified atom stereocenters. The molecule has 0 aliphatic carbocycles. The van der Waals surface area contributed by atoms with E-state index in [1.165, 1.54) is 0 Å². The first kappa shape index (κ1) is 13.6. The van der Waals surface area contributed by atoms with Gasteiger partial charge in [0.05, 0.1) is 0 Å². The molecule has 0 aromatic heterocycles. The van der Waals surface area contributed by atoms with Crippen LogP contribution < -0.4 is 10.1 Å². The predicted molar refractivity (Wildman–Crippen MR) is 70.4 cm³/mol. The molecular formula is C13H17F2NOS.